The summed E-state index contributed by atoms with van der Waals surface area (Å²) in [5, 5.41) is 0.0695. The zero-order chi connectivity index (χ0) is 20.2. The third-order valence-corrected chi connectivity index (χ3v) is 11.0. The van der Waals surface area contributed by atoms with Gasteiger partial charge in [0.1, 0.15) is 11.9 Å². The summed E-state index contributed by atoms with van der Waals surface area (Å²) < 4.78 is 18.7. The fourth-order valence-corrected chi connectivity index (χ4v) is 4.95. The minimum atomic E-state index is -2.03. The lowest BCUT2D eigenvalue weighted by atomic mass is 9.69. The maximum atomic E-state index is 12.8. The van der Waals surface area contributed by atoms with Crippen LogP contribution in [0, 0.1) is 0 Å². The van der Waals surface area contributed by atoms with Crippen LogP contribution >= 0.6 is 15.9 Å². The Morgan fingerprint density at radius 1 is 1.33 bits per heavy atom. The molecule has 1 aliphatic carbocycles. The molecule has 0 bridgehead atoms. The second kappa shape index (κ2) is 6.72. The quantitative estimate of drug-likeness (QED) is 0.415. The van der Waals surface area contributed by atoms with Crippen molar-refractivity contribution in [2.45, 2.75) is 62.9 Å². The normalized spacial score (nSPS) is 28.0. The average molecular weight is 454 g/mol. The van der Waals surface area contributed by atoms with Crippen LogP contribution in [0.3, 0.4) is 0 Å². The first-order valence-electron chi connectivity index (χ1n) is 9.13. The van der Waals surface area contributed by atoms with Crippen molar-refractivity contribution in [3.05, 3.63) is 40.1 Å². The standard InChI is InChI=1S/C20H28BrNO4Si/c1-19(2,3)27(5,6)26-13-10-15-14-9-12(21)7-8-16(14)25-18(23)20(15,22)17(11-13)24-4/h7-9,11,15,17H,10,22H2,1-6H3/t15-,17+,20-/m1/s1. The molecule has 27 heavy (non-hydrogen) atoms. The first-order valence-corrected chi connectivity index (χ1v) is 12.8. The van der Waals surface area contributed by atoms with Gasteiger partial charge in [0, 0.05) is 29.5 Å². The van der Waals surface area contributed by atoms with E-state index in [0.29, 0.717) is 12.2 Å². The Morgan fingerprint density at radius 3 is 2.59 bits per heavy atom. The van der Waals surface area contributed by atoms with Crippen molar-refractivity contribution < 1.29 is 18.7 Å². The van der Waals surface area contributed by atoms with E-state index in [4.69, 9.17) is 19.6 Å². The van der Waals surface area contributed by atoms with Gasteiger partial charge in [0.25, 0.3) is 0 Å². The Morgan fingerprint density at radius 2 is 2.00 bits per heavy atom. The summed E-state index contributed by atoms with van der Waals surface area (Å²) in [7, 11) is -0.464. The van der Waals surface area contributed by atoms with Gasteiger partial charge in [-0.25, -0.2) is 4.79 Å². The van der Waals surface area contributed by atoms with E-state index in [1.54, 1.807) is 13.2 Å². The van der Waals surface area contributed by atoms with Crippen LogP contribution in [0.1, 0.15) is 38.7 Å². The number of esters is 1. The third-order valence-electron chi connectivity index (χ3n) is 6.14. The third kappa shape index (κ3) is 3.39. The van der Waals surface area contributed by atoms with Gasteiger partial charge in [-0.05, 0) is 42.4 Å². The van der Waals surface area contributed by atoms with Crippen LogP contribution in [0.25, 0.3) is 0 Å². The minimum Gasteiger partial charge on any atom is -0.547 e. The summed E-state index contributed by atoms with van der Waals surface area (Å²) in [5.41, 5.74) is 6.26. The average Bonchev–Trinajstić information content (AvgIpc) is 2.55. The van der Waals surface area contributed by atoms with Crippen molar-refractivity contribution in [3.63, 3.8) is 0 Å². The molecule has 0 saturated carbocycles. The van der Waals surface area contributed by atoms with Gasteiger partial charge in [-0.15, -0.1) is 0 Å². The van der Waals surface area contributed by atoms with E-state index >= 15 is 0 Å². The van der Waals surface area contributed by atoms with E-state index in [2.05, 4.69) is 49.8 Å². The number of hydrogen-bond donors (Lipinski definition) is 1. The highest BCUT2D eigenvalue weighted by Crippen LogP contribution is 2.49. The van der Waals surface area contributed by atoms with E-state index in [9.17, 15) is 4.79 Å². The number of hydrogen-bond acceptors (Lipinski definition) is 5. The molecule has 3 atom stereocenters. The van der Waals surface area contributed by atoms with Gasteiger partial charge >= 0.3 is 5.97 Å². The van der Waals surface area contributed by atoms with Gasteiger partial charge in [-0.3, -0.25) is 0 Å². The Kier molecular flexibility index (Phi) is 5.12. The zero-order valence-electron chi connectivity index (χ0n) is 16.8. The highest BCUT2D eigenvalue weighted by molar-refractivity contribution is 9.10. The molecule has 1 heterocycles. The molecule has 2 aliphatic rings. The van der Waals surface area contributed by atoms with Crippen molar-refractivity contribution in [1.29, 1.82) is 0 Å². The van der Waals surface area contributed by atoms with E-state index in [1.165, 1.54) is 0 Å². The molecule has 0 radical (unpaired) electrons. The highest BCUT2D eigenvalue weighted by Gasteiger charge is 2.57. The van der Waals surface area contributed by atoms with Crippen molar-refractivity contribution in [2.24, 2.45) is 5.73 Å². The largest absolute Gasteiger partial charge is 0.547 e. The second-order valence-corrected chi connectivity index (χ2v) is 14.6. The Labute approximate surface area is 170 Å². The Hall–Kier alpha value is -1.15. The number of rotatable bonds is 3. The van der Waals surface area contributed by atoms with Crippen LogP contribution in [-0.4, -0.2) is 33.0 Å². The monoisotopic (exact) mass is 453 g/mol. The number of ether oxygens (including phenoxy) is 2. The van der Waals surface area contributed by atoms with Gasteiger partial charge in [0.05, 0.1) is 5.76 Å². The first kappa shape index (κ1) is 20.6. The van der Waals surface area contributed by atoms with E-state index < -0.39 is 25.9 Å². The van der Waals surface area contributed by atoms with Crippen LogP contribution in [0.15, 0.2) is 34.5 Å². The number of fused-ring (bicyclic) bond motifs is 3. The Balaban J connectivity index is 2.06. The highest BCUT2D eigenvalue weighted by atomic mass is 79.9. The van der Waals surface area contributed by atoms with E-state index in [0.717, 1.165) is 15.8 Å². The van der Waals surface area contributed by atoms with Gasteiger partial charge in [0.15, 0.2) is 5.54 Å². The first-order chi connectivity index (χ1) is 12.4. The molecule has 1 aromatic carbocycles. The molecule has 5 nitrogen and oxygen atoms in total. The van der Waals surface area contributed by atoms with E-state index in [-0.39, 0.29) is 11.0 Å². The second-order valence-electron chi connectivity index (χ2n) is 8.91. The predicted octanol–water partition coefficient (Wildman–Crippen LogP) is 4.47. The number of benzene rings is 1. The molecule has 0 amide bonds. The topological polar surface area (TPSA) is 70.8 Å². The summed E-state index contributed by atoms with van der Waals surface area (Å²) >= 11 is 3.51. The molecule has 7 heteroatoms. The van der Waals surface area contributed by atoms with Crippen LogP contribution in [0.2, 0.25) is 18.1 Å². The van der Waals surface area contributed by atoms with Gasteiger partial charge in [-0.2, -0.15) is 0 Å². The smallest absolute Gasteiger partial charge is 0.335 e. The molecule has 3 rings (SSSR count). The molecular weight excluding hydrogens is 426 g/mol. The number of carbonyl (C=O) groups is 1. The number of halogens is 1. The van der Waals surface area contributed by atoms with Gasteiger partial charge < -0.3 is 19.6 Å². The van der Waals surface area contributed by atoms with Crippen LogP contribution < -0.4 is 10.5 Å². The van der Waals surface area contributed by atoms with Crippen molar-refractivity contribution in [3.8, 4) is 5.75 Å². The van der Waals surface area contributed by atoms with Crippen molar-refractivity contribution in [1.82, 2.24) is 0 Å². The maximum Gasteiger partial charge on any atom is 0.335 e. The summed E-state index contributed by atoms with van der Waals surface area (Å²) in [6.45, 7) is 11.0. The number of allylic oxidation sites excluding steroid dienone is 1. The molecule has 2 N–H and O–H groups in total. The predicted molar refractivity (Wildman–Crippen MR) is 111 cm³/mol. The van der Waals surface area contributed by atoms with Gasteiger partial charge in [-0.1, -0.05) is 36.7 Å². The summed E-state index contributed by atoms with van der Waals surface area (Å²) in [6.07, 6.45) is 1.79. The summed E-state index contributed by atoms with van der Waals surface area (Å²) in [4.78, 5) is 12.8. The molecule has 0 saturated heterocycles. The molecule has 0 spiro atoms. The zero-order valence-corrected chi connectivity index (χ0v) is 19.3. The lowest BCUT2D eigenvalue weighted by molar-refractivity contribution is -0.148. The minimum absolute atomic E-state index is 0.0695. The molecule has 1 aromatic rings. The van der Waals surface area contributed by atoms with Crippen LogP contribution in [0.4, 0.5) is 0 Å². The van der Waals surface area contributed by atoms with Crippen molar-refractivity contribution in [2.75, 3.05) is 7.11 Å². The van der Waals surface area contributed by atoms with Crippen molar-refractivity contribution >= 4 is 30.2 Å². The maximum absolute atomic E-state index is 12.8. The van der Waals surface area contributed by atoms with Gasteiger partial charge in [0.2, 0.25) is 8.32 Å². The fraction of sp³-hybridized carbons (Fsp3) is 0.550. The Bertz CT molecular complexity index is 802. The molecule has 0 unspecified atom stereocenters. The number of nitrogens with two attached hydrogens (primary N) is 1. The number of carbonyl (C=O) groups excluding carboxylic acids is 1. The molecular formula is C20H28BrNO4Si. The molecule has 1 aliphatic heterocycles. The molecule has 0 aromatic heterocycles. The summed E-state index contributed by atoms with van der Waals surface area (Å²) in [6, 6.07) is 5.62. The lowest BCUT2D eigenvalue weighted by Crippen LogP contribution is -2.66. The SMILES string of the molecule is CO[C@H]1C=C(O[Si](C)(C)C(C)(C)C)C[C@@H]2c3cc(Br)ccc3OC(=O)[C@]12N. The lowest BCUT2D eigenvalue weighted by Gasteiger charge is -2.47. The van der Waals surface area contributed by atoms with E-state index in [1.807, 2.05) is 18.2 Å². The molecule has 0 fully saturated rings. The fourth-order valence-electron chi connectivity index (χ4n) is 3.46. The number of methoxy groups -OCH3 is 1. The molecule has 148 valence electrons. The summed E-state index contributed by atoms with van der Waals surface area (Å²) in [5.74, 6) is 0.663. The van der Waals surface area contributed by atoms with Crippen LogP contribution in [0.5, 0.6) is 5.75 Å². The van der Waals surface area contributed by atoms with Crippen LogP contribution in [-0.2, 0) is 14.0 Å².